The van der Waals surface area contributed by atoms with Gasteiger partial charge >= 0.3 is 0 Å². The van der Waals surface area contributed by atoms with Gasteiger partial charge in [-0.1, -0.05) is 6.07 Å². The first-order valence-electron chi connectivity index (χ1n) is 6.50. The quantitative estimate of drug-likeness (QED) is 0.875. The second-order valence-corrected chi connectivity index (χ2v) is 5.16. The molecule has 1 atom stereocenters. The van der Waals surface area contributed by atoms with E-state index in [1.807, 2.05) is 6.07 Å². The van der Waals surface area contributed by atoms with E-state index in [0.717, 1.165) is 24.4 Å². The Morgan fingerprint density at radius 2 is 2.28 bits per heavy atom. The summed E-state index contributed by atoms with van der Waals surface area (Å²) in [5.74, 6) is 0.849. The first kappa shape index (κ1) is 11.5. The minimum atomic E-state index is -0.00754. The monoisotopic (exact) mass is 246 g/mol. The van der Waals surface area contributed by atoms with Crippen LogP contribution >= 0.6 is 0 Å². The third-order valence-electron chi connectivity index (χ3n) is 3.72. The lowest BCUT2D eigenvalue weighted by Crippen LogP contribution is -2.32. The van der Waals surface area contributed by atoms with Gasteiger partial charge in [0.05, 0.1) is 6.04 Å². The van der Waals surface area contributed by atoms with Crippen LogP contribution in [0.3, 0.4) is 0 Å². The van der Waals surface area contributed by atoms with Crippen molar-refractivity contribution >= 4 is 5.65 Å². The summed E-state index contributed by atoms with van der Waals surface area (Å²) >= 11 is 0. The molecule has 2 aromatic rings. The maximum absolute atomic E-state index is 12.0. The van der Waals surface area contributed by atoms with Crippen molar-refractivity contribution in [3.63, 3.8) is 0 Å². The van der Waals surface area contributed by atoms with Crippen LogP contribution in [0.15, 0.2) is 23.0 Å². The SMILES string of the molecule is CC(C)N1CCCC1c1n[nH]c2cccc(=O)n12. The minimum Gasteiger partial charge on any atom is -0.291 e. The Hall–Kier alpha value is -1.62. The Labute approximate surface area is 105 Å². The molecular weight excluding hydrogens is 228 g/mol. The summed E-state index contributed by atoms with van der Waals surface area (Å²) in [4.78, 5) is 14.4. The standard InChI is InChI=1S/C13H18N4O/c1-9(2)16-8-4-5-10(16)13-15-14-11-6-3-7-12(18)17(11)13/h3,6-7,9-10,14H,4-5,8H2,1-2H3. The van der Waals surface area contributed by atoms with Crippen LogP contribution < -0.4 is 5.56 Å². The number of nitrogens with one attached hydrogen (secondary N) is 1. The smallest absolute Gasteiger partial charge is 0.257 e. The lowest BCUT2D eigenvalue weighted by Gasteiger charge is -2.26. The number of likely N-dealkylation sites (tertiary alicyclic amines) is 1. The van der Waals surface area contributed by atoms with Crippen LogP contribution in [0.1, 0.15) is 38.6 Å². The molecule has 1 unspecified atom stereocenters. The largest absolute Gasteiger partial charge is 0.291 e. The molecule has 1 saturated heterocycles. The molecule has 5 heteroatoms. The van der Waals surface area contributed by atoms with Crippen LogP contribution in [-0.2, 0) is 0 Å². The van der Waals surface area contributed by atoms with Crippen LogP contribution in [0.2, 0.25) is 0 Å². The molecular formula is C13H18N4O. The molecule has 0 aliphatic carbocycles. The van der Waals surface area contributed by atoms with Gasteiger partial charge < -0.3 is 0 Å². The molecule has 2 aromatic heterocycles. The topological polar surface area (TPSA) is 53.4 Å². The highest BCUT2D eigenvalue weighted by atomic mass is 16.1. The van der Waals surface area contributed by atoms with Crippen molar-refractivity contribution in [1.29, 1.82) is 0 Å². The molecule has 0 saturated carbocycles. The molecule has 3 rings (SSSR count). The summed E-state index contributed by atoms with van der Waals surface area (Å²) in [6.07, 6.45) is 2.23. The Kier molecular flexibility index (Phi) is 2.70. The highest BCUT2D eigenvalue weighted by Crippen LogP contribution is 2.31. The zero-order valence-electron chi connectivity index (χ0n) is 10.8. The molecule has 1 aliphatic rings. The fourth-order valence-electron chi connectivity index (χ4n) is 2.89. The molecule has 0 aromatic carbocycles. The van der Waals surface area contributed by atoms with Crippen molar-refractivity contribution in [3.05, 3.63) is 34.4 Å². The zero-order valence-corrected chi connectivity index (χ0v) is 10.8. The van der Waals surface area contributed by atoms with Crippen molar-refractivity contribution in [1.82, 2.24) is 19.5 Å². The molecule has 0 spiro atoms. The van der Waals surface area contributed by atoms with E-state index in [0.29, 0.717) is 6.04 Å². The maximum Gasteiger partial charge on any atom is 0.257 e. The Morgan fingerprint density at radius 1 is 1.44 bits per heavy atom. The van der Waals surface area contributed by atoms with Crippen LogP contribution in [0.25, 0.3) is 5.65 Å². The number of hydrogen-bond acceptors (Lipinski definition) is 3. The molecule has 1 aliphatic heterocycles. The van der Waals surface area contributed by atoms with Gasteiger partial charge in [0.1, 0.15) is 5.65 Å². The lowest BCUT2D eigenvalue weighted by molar-refractivity contribution is 0.197. The molecule has 18 heavy (non-hydrogen) atoms. The van der Waals surface area contributed by atoms with E-state index in [9.17, 15) is 4.79 Å². The summed E-state index contributed by atoms with van der Waals surface area (Å²) in [5, 5.41) is 7.32. The summed E-state index contributed by atoms with van der Waals surface area (Å²) in [7, 11) is 0. The third kappa shape index (κ3) is 1.66. The number of fused-ring (bicyclic) bond motifs is 1. The van der Waals surface area contributed by atoms with Crippen molar-refractivity contribution in [2.24, 2.45) is 0 Å². The lowest BCUT2D eigenvalue weighted by atomic mass is 10.2. The molecule has 0 bridgehead atoms. The number of nitrogens with zero attached hydrogens (tertiary/aromatic N) is 3. The Bertz CT molecular complexity index is 613. The summed E-state index contributed by atoms with van der Waals surface area (Å²) in [6, 6.07) is 5.95. The van der Waals surface area contributed by atoms with E-state index in [2.05, 4.69) is 28.9 Å². The predicted molar refractivity (Wildman–Crippen MR) is 69.6 cm³/mol. The van der Waals surface area contributed by atoms with E-state index in [-0.39, 0.29) is 11.6 Å². The van der Waals surface area contributed by atoms with E-state index in [1.54, 1.807) is 16.5 Å². The van der Waals surface area contributed by atoms with Gasteiger partial charge in [0.15, 0.2) is 5.82 Å². The van der Waals surface area contributed by atoms with Gasteiger partial charge in [-0.15, -0.1) is 0 Å². The van der Waals surface area contributed by atoms with Gasteiger partial charge in [-0.3, -0.25) is 14.8 Å². The molecule has 1 fully saturated rings. The first-order chi connectivity index (χ1) is 8.68. The van der Waals surface area contributed by atoms with Gasteiger partial charge in [0.25, 0.3) is 5.56 Å². The first-order valence-corrected chi connectivity index (χ1v) is 6.50. The third-order valence-corrected chi connectivity index (χ3v) is 3.72. The van der Waals surface area contributed by atoms with E-state index in [4.69, 9.17) is 0 Å². The fraction of sp³-hybridized carbons (Fsp3) is 0.538. The average Bonchev–Trinajstić information content (AvgIpc) is 2.94. The minimum absolute atomic E-state index is 0.00754. The number of rotatable bonds is 2. The van der Waals surface area contributed by atoms with E-state index >= 15 is 0 Å². The van der Waals surface area contributed by atoms with Crippen molar-refractivity contribution in [2.75, 3.05) is 6.54 Å². The van der Waals surface area contributed by atoms with Gasteiger partial charge in [0, 0.05) is 12.1 Å². The van der Waals surface area contributed by atoms with Crippen molar-refractivity contribution in [3.8, 4) is 0 Å². The van der Waals surface area contributed by atoms with Gasteiger partial charge in [-0.25, -0.2) is 4.40 Å². The van der Waals surface area contributed by atoms with Gasteiger partial charge in [-0.05, 0) is 39.3 Å². The van der Waals surface area contributed by atoms with Crippen LogP contribution in [0.5, 0.6) is 0 Å². The highest BCUT2D eigenvalue weighted by Gasteiger charge is 2.31. The molecule has 96 valence electrons. The number of H-pyrrole nitrogens is 1. The van der Waals surface area contributed by atoms with Crippen LogP contribution in [0.4, 0.5) is 0 Å². The van der Waals surface area contributed by atoms with Gasteiger partial charge in [-0.2, -0.15) is 5.10 Å². The van der Waals surface area contributed by atoms with Gasteiger partial charge in [0.2, 0.25) is 0 Å². The molecule has 1 N–H and O–H groups in total. The predicted octanol–water partition coefficient (Wildman–Crippen LogP) is 1.57. The van der Waals surface area contributed by atoms with Crippen LogP contribution in [0, 0.1) is 0 Å². The molecule has 5 nitrogen and oxygen atoms in total. The normalized spacial score (nSPS) is 21.2. The fourth-order valence-corrected chi connectivity index (χ4v) is 2.89. The summed E-state index contributed by atoms with van der Waals surface area (Å²) in [6.45, 7) is 5.46. The number of aromatic amines is 1. The second kappa shape index (κ2) is 4.24. The number of pyridine rings is 1. The molecule has 0 amide bonds. The van der Waals surface area contributed by atoms with Crippen LogP contribution in [-0.4, -0.2) is 32.1 Å². The Morgan fingerprint density at radius 3 is 3.06 bits per heavy atom. The number of aromatic nitrogens is 3. The number of hydrogen-bond donors (Lipinski definition) is 1. The van der Waals surface area contributed by atoms with Crippen molar-refractivity contribution in [2.45, 2.75) is 38.8 Å². The van der Waals surface area contributed by atoms with E-state index in [1.165, 1.54) is 6.42 Å². The van der Waals surface area contributed by atoms with Crippen molar-refractivity contribution < 1.29 is 0 Å². The average molecular weight is 246 g/mol. The summed E-state index contributed by atoms with van der Waals surface area (Å²) in [5.41, 5.74) is 0.764. The molecule has 0 radical (unpaired) electrons. The highest BCUT2D eigenvalue weighted by molar-refractivity contribution is 5.37. The van der Waals surface area contributed by atoms with E-state index < -0.39 is 0 Å². The molecule has 3 heterocycles. The Balaban J connectivity index is 2.12. The maximum atomic E-state index is 12.0. The second-order valence-electron chi connectivity index (χ2n) is 5.16. The zero-order chi connectivity index (χ0) is 12.7. The summed E-state index contributed by atoms with van der Waals surface area (Å²) < 4.78 is 1.70.